The second kappa shape index (κ2) is 5.28. The zero-order valence-electron chi connectivity index (χ0n) is 10.2. The predicted octanol–water partition coefficient (Wildman–Crippen LogP) is 1.77. The van der Waals surface area contributed by atoms with Gasteiger partial charge in [0.05, 0.1) is 4.90 Å². The summed E-state index contributed by atoms with van der Waals surface area (Å²) in [5, 5.41) is 0. The highest BCUT2D eigenvalue weighted by Crippen LogP contribution is 2.33. The lowest BCUT2D eigenvalue weighted by molar-refractivity contribution is 0.519. The number of halogens is 1. The van der Waals surface area contributed by atoms with Gasteiger partial charge < -0.3 is 5.73 Å². The van der Waals surface area contributed by atoms with Gasteiger partial charge in [-0.3, -0.25) is 0 Å². The molecule has 1 aliphatic rings. The fraction of sp³-hybridized carbons (Fsp3) is 0.500. The molecule has 2 rings (SSSR count). The van der Waals surface area contributed by atoms with E-state index in [1.165, 1.54) is 0 Å². The first-order valence-corrected chi connectivity index (χ1v) is 8.20. The van der Waals surface area contributed by atoms with Gasteiger partial charge in [0.2, 0.25) is 10.0 Å². The number of sulfonamides is 1. The summed E-state index contributed by atoms with van der Waals surface area (Å²) in [7, 11) is -3.48. The SMILES string of the molecule is Cc1ccc(S(=O)(=O)NC(CN)C2CC2)cc1Br. The molecule has 1 atom stereocenters. The molecule has 18 heavy (non-hydrogen) atoms. The normalized spacial score (nSPS) is 17.7. The molecule has 1 aromatic rings. The molecule has 0 amide bonds. The monoisotopic (exact) mass is 332 g/mol. The molecule has 0 spiro atoms. The number of rotatable bonds is 5. The molecule has 0 radical (unpaired) electrons. The molecular weight excluding hydrogens is 316 g/mol. The van der Waals surface area contributed by atoms with E-state index < -0.39 is 10.0 Å². The van der Waals surface area contributed by atoms with Crippen molar-refractivity contribution in [2.75, 3.05) is 6.54 Å². The van der Waals surface area contributed by atoms with Crippen molar-refractivity contribution in [2.24, 2.45) is 11.7 Å². The van der Waals surface area contributed by atoms with Crippen molar-refractivity contribution in [1.82, 2.24) is 4.72 Å². The van der Waals surface area contributed by atoms with Crippen molar-refractivity contribution in [1.29, 1.82) is 0 Å². The Hall–Kier alpha value is -0.430. The summed E-state index contributed by atoms with van der Waals surface area (Å²) in [6.07, 6.45) is 2.12. The number of nitrogens with two attached hydrogens (primary N) is 1. The van der Waals surface area contributed by atoms with Crippen LogP contribution in [0, 0.1) is 12.8 Å². The van der Waals surface area contributed by atoms with E-state index in [9.17, 15) is 8.42 Å². The van der Waals surface area contributed by atoms with E-state index in [0.29, 0.717) is 12.5 Å². The second-order valence-corrected chi connectivity index (χ2v) is 7.28. The molecule has 1 saturated carbocycles. The molecule has 4 nitrogen and oxygen atoms in total. The summed E-state index contributed by atoms with van der Waals surface area (Å²) in [5.74, 6) is 0.402. The molecule has 0 aliphatic heterocycles. The van der Waals surface area contributed by atoms with Gasteiger partial charge in [-0.25, -0.2) is 13.1 Å². The Morgan fingerprint density at radius 1 is 1.50 bits per heavy atom. The van der Waals surface area contributed by atoms with Crippen LogP contribution in [0.5, 0.6) is 0 Å². The number of hydrogen-bond donors (Lipinski definition) is 2. The van der Waals surface area contributed by atoms with Crippen LogP contribution in [0.25, 0.3) is 0 Å². The molecule has 1 aliphatic carbocycles. The van der Waals surface area contributed by atoms with E-state index in [-0.39, 0.29) is 10.9 Å². The Balaban J connectivity index is 2.21. The van der Waals surface area contributed by atoms with Gasteiger partial charge in [-0.15, -0.1) is 0 Å². The standard InChI is InChI=1S/C12H17BrN2O2S/c1-8-2-5-10(6-11(8)13)18(16,17)15-12(7-14)9-3-4-9/h2,5-6,9,12,15H,3-4,7,14H2,1H3. The minimum absolute atomic E-state index is 0.143. The first kappa shape index (κ1) is 14.0. The third-order valence-corrected chi connectivity index (χ3v) is 5.55. The molecule has 100 valence electrons. The topological polar surface area (TPSA) is 72.2 Å². The molecule has 0 aromatic heterocycles. The summed E-state index contributed by atoms with van der Waals surface area (Å²) in [6, 6.07) is 4.88. The van der Waals surface area contributed by atoms with Crippen LogP contribution in [0.3, 0.4) is 0 Å². The number of nitrogens with one attached hydrogen (secondary N) is 1. The summed E-state index contributed by atoms with van der Waals surface area (Å²) in [6.45, 7) is 2.26. The Bertz CT molecular complexity index is 541. The molecule has 1 unspecified atom stereocenters. The average molecular weight is 333 g/mol. The maximum absolute atomic E-state index is 12.2. The van der Waals surface area contributed by atoms with Crippen molar-refractivity contribution >= 4 is 26.0 Å². The minimum atomic E-state index is -3.48. The average Bonchev–Trinajstić information content (AvgIpc) is 3.13. The Morgan fingerprint density at radius 3 is 2.67 bits per heavy atom. The van der Waals surface area contributed by atoms with Gasteiger partial charge in [0, 0.05) is 17.1 Å². The maximum atomic E-state index is 12.2. The lowest BCUT2D eigenvalue weighted by Gasteiger charge is -2.16. The van der Waals surface area contributed by atoms with E-state index in [1.807, 2.05) is 6.92 Å². The molecule has 0 saturated heterocycles. The summed E-state index contributed by atoms with van der Waals surface area (Å²) in [4.78, 5) is 0.277. The molecule has 3 N–H and O–H groups in total. The van der Waals surface area contributed by atoms with Gasteiger partial charge in [-0.05, 0) is 43.4 Å². The van der Waals surface area contributed by atoms with Crippen LogP contribution in [0.1, 0.15) is 18.4 Å². The van der Waals surface area contributed by atoms with Crippen molar-refractivity contribution in [3.05, 3.63) is 28.2 Å². The summed E-state index contributed by atoms with van der Waals surface area (Å²) < 4.78 is 27.9. The molecule has 1 aromatic carbocycles. The van der Waals surface area contributed by atoms with Crippen LogP contribution in [-0.4, -0.2) is 21.0 Å². The molecule has 6 heteroatoms. The number of hydrogen-bond acceptors (Lipinski definition) is 3. The van der Waals surface area contributed by atoms with Crippen LogP contribution < -0.4 is 10.5 Å². The highest BCUT2D eigenvalue weighted by Gasteiger charge is 2.33. The van der Waals surface area contributed by atoms with Gasteiger partial charge in [0.15, 0.2) is 0 Å². The summed E-state index contributed by atoms with van der Waals surface area (Å²) >= 11 is 3.35. The van der Waals surface area contributed by atoms with E-state index >= 15 is 0 Å². The van der Waals surface area contributed by atoms with Gasteiger partial charge in [-0.2, -0.15) is 0 Å². The smallest absolute Gasteiger partial charge is 0.240 e. The van der Waals surface area contributed by atoms with Crippen molar-refractivity contribution in [3.8, 4) is 0 Å². The van der Waals surface area contributed by atoms with Gasteiger partial charge in [0.25, 0.3) is 0 Å². The molecular formula is C12H17BrN2O2S. The first-order valence-electron chi connectivity index (χ1n) is 5.92. The Morgan fingerprint density at radius 2 is 2.17 bits per heavy atom. The lowest BCUT2D eigenvalue weighted by atomic mass is 10.2. The number of benzene rings is 1. The maximum Gasteiger partial charge on any atom is 0.240 e. The molecule has 0 bridgehead atoms. The van der Waals surface area contributed by atoms with Crippen LogP contribution in [0.2, 0.25) is 0 Å². The fourth-order valence-electron chi connectivity index (χ4n) is 1.84. The lowest BCUT2D eigenvalue weighted by Crippen LogP contribution is -2.41. The Kier molecular flexibility index (Phi) is 4.11. The van der Waals surface area contributed by atoms with Crippen LogP contribution in [0.15, 0.2) is 27.6 Å². The highest BCUT2D eigenvalue weighted by atomic mass is 79.9. The van der Waals surface area contributed by atoms with E-state index in [4.69, 9.17) is 5.73 Å². The zero-order valence-corrected chi connectivity index (χ0v) is 12.6. The highest BCUT2D eigenvalue weighted by molar-refractivity contribution is 9.10. The first-order chi connectivity index (χ1) is 8.44. The minimum Gasteiger partial charge on any atom is -0.329 e. The van der Waals surface area contributed by atoms with Crippen molar-refractivity contribution in [3.63, 3.8) is 0 Å². The fourth-order valence-corrected chi connectivity index (χ4v) is 3.72. The summed E-state index contributed by atoms with van der Waals surface area (Å²) in [5.41, 5.74) is 6.62. The van der Waals surface area contributed by atoms with Crippen molar-refractivity contribution < 1.29 is 8.42 Å². The van der Waals surface area contributed by atoms with Crippen LogP contribution >= 0.6 is 15.9 Å². The zero-order chi connectivity index (χ0) is 13.3. The predicted molar refractivity (Wildman–Crippen MR) is 74.8 cm³/mol. The van der Waals surface area contributed by atoms with Crippen LogP contribution in [0.4, 0.5) is 0 Å². The van der Waals surface area contributed by atoms with Gasteiger partial charge in [0.1, 0.15) is 0 Å². The second-order valence-electron chi connectivity index (χ2n) is 4.71. The van der Waals surface area contributed by atoms with Crippen LogP contribution in [-0.2, 0) is 10.0 Å². The third kappa shape index (κ3) is 3.12. The number of aryl methyl sites for hydroxylation is 1. The van der Waals surface area contributed by atoms with Gasteiger partial charge >= 0.3 is 0 Å². The Labute approximate surface area is 116 Å². The quantitative estimate of drug-likeness (QED) is 0.863. The van der Waals surface area contributed by atoms with E-state index in [1.54, 1.807) is 18.2 Å². The third-order valence-electron chi connectivity index (χ3n) is 3.21. The van der Waals surface area contributed by atoms with Crippen molar-refractivity contribution in [2.45, 2.75) is 30.7 Å². The molecule has 1 fully saturated rings. The van der Waals surface area contributed by atoms with E-state index in [0.717, 1.165) is 22.9 Å². The van der Waals surface area contributed by atoms with Gasteiger partial charge in [-0.1, -0.05) is 22.0 Å². The van der Waals surface area contributed by atoms with E-state index in [2.05, 4.69) is 20.7 Å². The largest absolute Gasteiger partial charge is 0.329 e. The molecule has 0 heterocycles.